The van der Waals surface area contributed by atoms with Crippen LogP contribution in [0, 0.1) is 5.82 Å². The van der Waals surface area contributed by atoms with Crippen molar-refractivity contribution < 1.29 is 12.8 Å². The number of sulfonamides is 1. The van der Waals surface area contributed by atoms with Crippen LogP contribution in [0.3, 0.4) is 0 Å². The van der Waals surface area contributed by atoms with E-state index in [2.05, 4.69) is 9.82 Å². The maximum Gasteiger partial charge on any atom is 0.261 e. The van der Waals surface area contributed by atoms with Crippen molar-refractivity contribution in [3.8, 4) is 5.69 Å². The second kappa shape index (κ2) is 5.61. The molecule has 1 N–H and O–H groups in total. The molecule has 0 saturated heterocycles. The molecular formula is C15H12FN3O2S. The fraction of sp³-hybridized carbons (Fsp3) is 0. The summed E-state index contributed by atoms with van der Waals surface area (Å²) in [4.78, 5) is 0.0904. The van der Waals surface area contributed by atoms with E-state index in [0.29, 0.717) is 0 Å². The zero-order valence-corrected chi connectivity index (χ0v) is 12.2. The lowest BCUT2D eigenvalue weighted by molar-refractivity contribution is 0.601. The Morgan fingerprint density at radius 2 is 1.82 bits per heavy atom. The van der Waals surface area contributed by atoms with E-state index in [4.69, 9.17) is 0 Å². The van der Waals surface area contributed by atoms with Gasteiger partial charge in [0, 0.05) is 12.4 Å². The molecule has 7 heteroatoms. The third kappa shape index (κ3) is 2.99. The van der Waals surface area contributed by atoms with Gasteiger partial charge in [0.15, 0.2) is 0 Å². The summed E-state index contributed by atoms with van der Waals surface area (Å²) in [6, 6.07) is 13.3. The fourth-order valence-corrected chi connectivity index (χ4v) is 3.02. The minimum absolute atomic E-state index is 0.0904. The molecule has 1 heterocycles. The van der Waals surface area contributed by atoms with Crippen LogP contribution in [0.15, 0.2) is 71.9 Å². The van der Waals surface area contributed by atoms with E-state index >= 15 is 0 Å². The Bertz CT molecular complexity index is 875. The minimum Gasteiger partial charge on any atom is -0.280 e. The highest BCUT2D eigenvalue weighted by Crippen LogP contribution is 2.18. The van der Waals surface area contributed by atoms with Crippen LogP contribution >= 0.6 is 0 Å². The first-order valence-electron chi connectivity index (χ1n) is 6.43. The zero-order chi connectivity index (χ0) is 15.6. The molecule has 0 amide bonds. The summed E-state index contributed by atoms with van der Waals surface area (Å²) in [6.45, 7) is 0. The van der Waals surface area contributed by atoms with Crippen LogP contribution in [0.1, 0.15) is 0 Å². The predicted molar refractivity (Wildman–Crippen MR) is 80.8 cm³/mol. The average Bonchev–Trinajstić information content (AvgIpc) is 3.01. The summed E-state index contributed by atoms with van der Waals surface area (Å²) in [6.07, 6.45) is 3.39. The van der Waals surface area contributed by atoms with E-state index in [-0.39, 0.29) is 10.6 Å². The molecule has 0 aliphatic rings. The Kier molecular flexibility index (Phi) is 3.64. The molecule has 1 aromatic heterocycles. The van der Waals surface area contributed by atoms with Gasteiger partial charge in [-0.1, -0.05) is 6.07 Å². The first-order valence-corrected chi connectivity index (χ1v) is 7.91. The van der Waals surface area contributed by atoms with Crippen molar-refractivity contribution in [2.45, 2.75) is 4.90 Å². The summed E-state index contributed by atoms with van der Waals surface area (Å²) in [5, 5.41) is 4.07. The van der Waals surface area contributed by atoms with Gasteiger partial charge < -0.3 is 0 Å². The van der Waals surface area contributed by atoms with Gasteiger partial charge in [-0.3, -0.25) is 4.72 Å². The summed E-state index contributed by atoms with van der Waals surface area (Å²) in [7, 11) is -3.76. The number of aromatic nitrogens is 2. The molecule has 0 atom stereocenters. The average molecular weight is 317 g/mol. The third-order valence-corrected chi connectivity index (χ3v) is 4.39. The Morgan fingerprint density at radius 3 is 2.45 bits per heavy atom. The first kappa shape index (κ1) is 14.3. The van der Waals surface area contributed by atoms with Crippen molar-refractivity contribution in [3.05, 3.63) is 72.8 Å². The van der Waals surface area contributed by atoms with Gasteiger partial charge in [-0.15, -0.1) is 0 Å². The molecular weight excluding hydrogens is 305 g/mol. The lowest BCUT2D eigenvalue weighted by Gasteiger charge is -2.09. The van der Waals surface area contributed by atoms with Gasteiger partial charge in [-0.25, -0.2) is 17.5 Å². The maximum absolute atomic E-state index is 13.1. The van der Waals surface area contributed by atoms with E-state index in [1.54, 1.807) is 35.3 Å². The van der Waals surface area contributed by atoms with Crippen LogP contribution in [0.25, 0.3) is 5.69 Å². The highest BCUT2D eigenvalue weighted by Gasteiger charge is 2.14. The molecule has 2 aromatic carbocycles. The molecule has 3 rings (SSSR count). The Hall–Kier alpha value is -2.67. The molecule has 0 bridgehead atoms. The van der Waals surface area contributed by atoms with Crippen molar-refractivity contribution in [1.29, 1.82) is 0 Å². The predicted octanol–water partition coefficient (Wildman–Crippen LogP) is 2.81. The van der Waals surface area contributed by atoms with Crippen molar-refractivity contribution in [2.75, 3.05) is 4.72 Å². The lowest BCUT2D eigenvalue weighted by atomic mass is 10.3. The zero-order valence-electron chi connectivity index (χ0n) is 11.3. The maximum atomic E-state index is 13.1. The third-order valence-electron chi connectivity index (χ3n) is 2.99. The molecule has 3 aromatic rings. The highest BCUT2D eigenvalue weighted by atomic mass is 32.2. The highest BCUT2D eigenvalue weighted by molar-refractivity contribution is 7.92. The standard InChI is InChI=1S/C15H12FN3O2S/c16-12-3-1-4-13(11-12)18-22(20,21)15-7-5-14(6-8-15)19-10-2-9-17-19/h1-11,18H. The number of nitrogens with zero attached hydrogens (tertiary/aromatic N) is 2. The molecule has 112 valence electrons. The Morgan fingerprint density at radius 1 is 1.05 bits per heavy atom. The second-order valence-corrected chi connectivity index (χ2v) is 6.24. The summed E-state index contributed by atoms with van der Waals surface area (Å²) < 4.78 is 41.6. The number of nitrogens with one attached hydrogen (secondary N) is 1. The number of rotatable bonds is 4. The number of benzene rings is 2. The SMILES string of the molecule is O=S(=O)(Nc1cccc(F)c1)c1ccc(-n2cccn2)cc1. The van der Waals surface area contributed by atoms with Gasteiger partial charge in [-0.05, 0) is 48.5 Å². The number of hydrogen-bond donors (Lipinski definition) is 1. The largest absolute Gasteiger partial charge is 0.280 e. The quantitative estimate of drug-likeness (QED) is 0.805. The Labute approximate surface area is 127 Å². The smallest absolute Gasteiger partial charge is 0.261 e. The molecule has 0 radical (unpaired) electrons. The van der Waals surface area contributed by atoms with Crippen molar-refractivity contribution in [1.82, 2.24) is 9.78 Å². The van der Waals surface area contributed by atoms with Crippen LogP contribution in [0.4, 0.5) is 10.1 Å². The van der Waals surface area contributed by atoms with E-state index < -0.39 is 15.8 Å². The minimum atomic E-state index is -3.76. The normalized spacial score (nSPS) is 11.3. The number of hydrogen-bond acceptors (Lipinski definition) is 3. The number of anilines is 1. The molecule has 0 fully saturated rings. The van der Waals surface area contributed by atoms with Crippen LogP contribution in [0.2, 0.25) is 0 Å². The summed E-state index contributed by atoms with van der Waals surface area (Å²) >= 11 is 0. The van der Waals surface area contributed by atoms with Gasteiger partial charge in [0.05, 0.1) is 16.3 Å². The molecule has 0 spiro atoms. The van der Waals surface area contributed by atoms with Crippen LogP contribution in [-0.4, -0.2) is 18.2 Å². The van der Waals surface area contributed by atoms with Crippen LogP contribution < -0.4 is 4.72 Å². The Balaban J connectivity index is 1.86. The van der Waals surface area contributed by atoms with Crippen molar-refractivity contribution in [3.63, 3.8) is 0 Å². The van der Waals surface area contributed by atoms with Gasteiger partial charge in [0.1, 0.15) is 5.82 Å². The molecule has 0 aliphatic carbocycles. The monoisotopic (exact) mass is 317 g/mol. The van der Waals surface area contributed by atoms with E-state index in [1.807, 2.05) is 0 Å². The molecule has 22 heavy (non-hydrogen) atoms. The summed E-state index contributed by atoms with van der Waals surface area (Å²) in [5.41, 5.74) is 0.922. The topological polar surface area (TPSA) is 64.0 Å². The van der Waals surface area contributed by atoms with Gasteiger partial charge in [0.2, 0.25) is 0 Å². The number of halogens is 1. The van der Waals surface area contributed by atoms with Gasteiger partial charge >= 0.3 is 0 Å². The lowest BCUT2D eigenvalue weighted by Crippen LogP contribution is -2.13. The van der Waals surface area contributed by atoms with Gasteiger partial charge in [0.25, 0.3) is 10.0 Å². The van der Waals surface area contributed by atoms with E-state index in [0.717, 1.165) is 11.8 Å². The first-order chi connectivity index (χ1) is 10.5. The van der Waals surface area contributed by atoms with Crippen molar-refractivity contribution in [2.24, 2.45) is 0 Å². The molecule has 0 aliphatic heterocycles. The van der Waals surface area contributed by atoms with Gasteiger partial charge in [-0.2, -0.15) is 5.10 Å². The van der Waals surface area contributed by atoms with E-state index in [9.17, 15) is 12.8 Å². The van der Waals surface area contributed by atoms with E-state index in [1.165, 1.54) is 30.3 Å². The van der Waals surface area contributed by atoms with Crippen molar-refractivity contribution >= 4 is 15.7 Å². The second-order valence-electron chi connectivity index (χ2n) is 4.56. The fourth-order valence-electron chi connectivity index (χ4n) is 1.97. The molecule has 0 saturated carbocycles. The van der Waals surface area contributed by atoms with Crippen LogP contribution in [-0.2, 0) is 10.0 Å². The summed E-state index contributed by atoms with van der Waals surface area (Å²) in [5.74, 6) is -0.505. The van der Waals surface area contributed by atoms with Crippen LogP contribution in [0.5, 0.6) is 0 Å². The molecule has 0 unspecified atom stereocenters. The molecule has 5 nitrogen and oxygen atoms in total.